The summed E-state index contributed by atoms with van der Waals surface area (Å²) in [5.74, 6) is 0. The number of carbonyl (C=O) groups is 1. The maximum absolute atomic E-state index is 11.1. The van der Waals surface area contributed by atoms with Gasteiger partial charge in [0.2, 0.25) is 0 Å². The monoisotopic (exact) mass is 201 g/mol. The molecule has 2 heterocycles. The van der Waals surface area contributed by atoms with Crippen molar-refractivity contribution in [2.45, 2.75) is 19.2 Å². The van der Waals surface area contributed by atoms with Crippen LogP contribution in [0.2, 0.25) is 0 Å². The molecule has 0 aliphatic carbocycles. The molecule has 0 aromatic heterocycles. The molecule has 2 fully saturated rings. The summed E-state index contributed by atoms with van der Waals surface area (Å²) >= 11 is 0. The fourth-order valence-corrected chi connectivity index (χ4v) is 1.55. The number of nitrogens with zero attached hydrogens (tertiary/aromatic N) is 1. The van der Waals surface area contributed by atoms with Crippen molar-refractivity contribution in [1.82, 2.24) is 15.8 Å². The first-order valence-corrected chi connectivity index (χ1v) is 4.83. The molecule has 2 saturated heterocycles. The van der Waals surface area contributed by atoms with Crippen LogP contribution in [0.4, 0.5) is 4.79 Å². The maximum atomic E-state index is 11.1. The average molecular weight is 201 g/mol. The minimum atomic E-state index is -0.315. The number of hydrogen-bond acceptors (Lipinski definition) is 5. The molecule has 2 N–H and O–H groups in total. The molecule has 0 aromatic carbocycles. The lowest BCUT2D eigenvalue weighted by Gasteiger charge is -2.33. The topological polar surface area (TPSA) is 62.8 Å². The van der Waals surface area contributed by atoms with Gasteiger partial charge in [-0.2, -0.15) is 0 Å². The Kier molecular flexibility index (Phi) is 2.85. The van der Waals surface area contributed by atoms with Crippen LogP contribution in [0.25, 0.3) is 0 Å². The van der Waals surface area contributed by atoms with E-state index >= 15 is 0 Å². The number of ether oxygens (including phenoxy) is 2. The average Bonchev–Trinajstić information content (AvgIpc) is 2.56. The van der Waals surface area contributed by atoms with Crippen molar-refractivity contribution < 1.29 is 14.3 Å². The third-order valence-electron chi connectivity index (χ3n) is 2.37. The van der Waals surface area contributed by atoms with Gasteiger partial charge in [0.25, 0.3) is 0 Å². The van der Waals surface area contributed by atoms with E-state index < -0.39 is 0 Å². The molecule has 2 rings (SSSR count). The van der Waals surface area contributed by atoms with E-state index in [1.807, 2.05) is 6.92 Å². The van der Waals surface area contributed by atoms with Gasteiger partial charge in [0.1, 0.15) is 12.8 Å². The van der Waals surface area contributed by atoms with E-state index in [2.05, 4.69) is 10.7 Å². The van der Waals surface area contributed by atoms with Gasteiger partial charge in [-0.15, -0.1) is 0 Å². The second-order valence-electron chi connectivity index (χ2n) is 3.40. The number of hydrogen-bond donors (Lipinski definition) is 2. The highest BCUT2D eigenvalue weighted by molar-refractivity contribution is 5.68. The summed E-state index contributed by atoms with van der Waals surface area (Å²) in [6.45, 7) is 4.51. The van der Waals surface area contributed by atoms with E-state index in [9.17, 15) is 4.79 Å². The summed E-state index contributed by atoms with van der Waals surface area (Å²) < 4.78 is 10.2. The van der Waals surface area contributed by atoms with Gasteiger partial charge in [0.15, 0.2) is 0 Å². The lowest BCUT2D eigenvalue weighted by atomic mass is 10.3. The number of nitrogens with one attached hydrogen (secondary N) is 2. The predicted octanol–water partition coefficient (Wildman–Crippen LogP) is -0.722. The van der Waals surface area contributed by atoms with Gasteiger partial charge in [-0.3, -0.25) is 5.32 Å². The quantitative estimate of drug-likeness (QED) is 0.617. The second kappa shape index (κ2) is 4.12. The van der Waals surface area contributed by atoms with E-state index in [0.29, 0.717) is 19.8 Å². The summed E-state index contributed by atoms with van der Waals surface area (Å²) in [5, 5.41) is 4.71. The molecule has 2 atom stereocenters. The normalized spacial score (nSPS) is 33.2. The number of rotatable bonds is 2. The molecule has 1 amide bonds. The van der Waals surface area contributed by atoms with E-state index in [4.69, 9.17) is 9.47 Å². The Balaban J connectivity index is 1.86. The van der Waals surface area contributed by atoms with Crippen LogP contribution in [-0.2, 0) is 9.47 Å². The highest BCUT2D eigenvalue weighted by Gasteiger charge is 2.28. The molecular weight excluding hydrogens is 186 g/mol. The van der Waals surface area contributed by atoms with E-state index in [1.165, 1.54) is 5.01 Å². The van der Waals surface area contributed by atoms with Crippen molar-refractivity contribution in [3.8, 4) is 0 Å². The largest absolute Gasteiger partial charge is 0.447 e. The first-order chi connectivity index (χ1) is 6.77. The summed E-state index contributed by atoms with van der Waals surface area (Å²) in [6, 6.07) is 0. The Labute approximate surface area is 82.5 Å². The Morgan fingerprint density at radius 1 is 1.57 bits per heavy atom. The molecule has 0 spiro atoms. The number of amides is 1. The second-order valence-corrected chi connectivity index (χ2v) is 3.40. The molecular formula is C8H15N3O3. The van der Waals surface area contributed by atoms with Crippen molar-refractivity contribution >= 4 is 6.09 Å². The molecule has 2 aliphatic heterocycles. The van der Waals surface area contributed by atoms with Crippen LogP contribution in [0.3, 0.4) is 0 Å². The fourth-order valence-electron chi connectivity index (χ4n) is 1.55. The van der Waals surface area contributed by atoms with Crippen molar-refractivity contribution in [3.05, 3.63) is 0 Å². The van der Waals surface area contributed by atoms with Gasteiger partial charge in [0.05, 0.1) is 19.3 Å². The minimum absolute atomic E-state index is 0.0191. The van der Waals surface area contributed by atoms with E-state index in [-0.39, 0.29) is 18.4 Å². The van der Waals surface area contributed by atoms with Gasteiger partial charge in [0, 0.05) is 6.54 Å². The summed E-state index contributed by atoms with van der Waals surface area (Å²) in [4.78, 5) is 11.1. The third-order valence-corrected chi connectivity index (χ3v) is 2.37. The number of morpholine rings is 1. The maximum Gasteiger partial charge on any atom is 0.424 e. The van der Waals surface area contributed by atoms with Gasteiger partial charge < -0.3 is 9.47 Å². The number of hydrazine groups is 1. The van der Waals surface area contributed by atoms with E-state index in [1.54, 1.807) is 0 Å². The Morgan fingerprint density at radius 3 is 3.07 bits per heavy atom. The summed E-state index contributed by atoms with van der Waals surface area (Å²) in [7, 11) is 0. The lowest BCUT2D eigenvalue weighted by Crippen LogP contribution is -2.60. The van der Waals surface area contributed by atoms with Gasteiger partial charge in [-0.05, 0) is 6.92 Å². The van der Waals surface area contributed by atoms with Crippen molar-refractivity contribution in [2.24, 2.45) is 0 Å². The molecule has 6 heteroatoms. The van der Waals surface area contributed by atoms with Crippen molar-refractivity contribution in [3.63, 3.8) is 0 Å². The predicted molar refractivity (Wildman–Crippen MR) is 48.4 cm³/mol. The van der Waals surface area contributed by atoms with Gasteiger partial charge >= 0.3 is 6.09 Å². The van der Waals surface area contributed by atoms with Crippen molar-refractivity contribution in [2.75, 3.05) is 26.3 Å². The zero-order valence-corrected chi connectivity index (χ0v) is 8.16. The smallest absolute Gasteiger partial charge is 0.424 e. The molecule has 0 saturated carbocycles. The molecule has 2 unspecified atom stereocenters. The van der Waals surface area contributed by atoms with Crippen LogP contribution in [-0.4, -0.2) is 49.7 Å². The molecule has 6 nitrogen and oxygen atoms in total. The standard InChI is InChI=1S/C8H15N3O3/c1-6-7(9-2-4-13-6)10-11-3-5-14-8(11)12/h6-7,9-10H,2-5H2,1H3. The first kappa shape index (κ1) is 9.70. The number of carbonyl (C=O) groups excluding carboxylic acids is 1. The van der Waals surface area contributed by atoms with Crippen molar-refractivity contribution in [1.29, 1.82) is 0 Å². The third kappa shape index (κ3) is 1.97. The van der Waals surface area contributed by atoms with Crippen LogP contribution in [0.15, 0.2) is 0 Å². The molecule has 0 aromatic rings. The van der Waals surface area contributed by atoms with Crippen LogP contribution in [0, 0.1) is 0 Å². The van der Waals surface area contributed by atoms with E-state index in [0.717, 1.165) is 6.54 Å². The van der Waals surface area contributed by atoms with Gasteiger partial charge in [-0.1, -0.05) is 0 Å². The Bertz CT molecular complexity index is 224. The SMILES string of the molecule is CC1OCCNC1NN1CCOC1=O. The molecule has 14 heavy (non-hydrogen) atoms. The molecule has 2 aliphatic rings. The van der Waals surface area contributed by atoms with Crippen LogP contribution < -0.4 is 10.7 Å². The highest BCUT2D eigenvalue weighted by Crippen LogP contribution is 2.05. The highest BCUT2D eigenvalue weighted by atomic mass is 16.6. The first-order valence-electron chi connectivity index (χ1n) is 4.83. The minimum Gasteiger partial charge on any atom is -0.447 e. The summed E-state index contributed by atoms with van der Waals surface area (Å²) in [6.07, 6.45) is -0.281. The lowest BCUT2D eigenvalue weighted by molar-refractivity contribution is -0.0202. The zero-order chi connectivity index (χ0) is 9.97. The summed E-state index contributed by atoms with van der Waals surface area (Å²) in [5.41, 5.74) is 3.04. The van der Waals surface area contributed by atoms with Crippen LogP contribution in [0.5, 0.6) is 0 Å². The van der Waals surface area contributed by atoms with Crippen LogP contribution >= 0.6 is 0 Å². The fraction of sp³-hybridized carbons (Fsp3) is 0.875. The molecule has 0 radical (unpaired) electrons. The molecule has 0 bridgehead atoms. The number of cyclic esters (lactones) is 1. The van der Waals surface area contributed by atoms with Crippen LogP contribution in [0.1, 0.15) is 6.92 Å². The Hall–Kier alpha value is -0.850. The van der Waals surface area contributed by atoms with Gasteiger partial charge in [-0.25, -0.2) is 15.2 Å². The zero-order valence-electron chi connectivity index (χ0n) is 8.16. The Morgan fingerprint density at radius 2 is 2.43 bits per heavy atom. The molecule has 80 valence electrons.